The minimum atomic E-state index is 0.0780. The predicted molar refractivity (Wildman–Crippen MR) is 81.6 cm³/mol. The number of hydrogen-bond donors (Lipinski definition) is 2. The fraction of sp³-hybridized carbons (Fsp3) is 0.267. The first-order chi connectivity index (χ1) is 9.10. The Hall–Kier alpha value is -1.23. The lowest BCUT2D eigenvalue weighted by atomic mass is 9.98. The van der Waals surface area contributed by atoms with Gasteiger partial charge in [-0.15, -0.1) is 0 Å². The molecule has 0 saturated heterocycles. The van der Waals surface area contributed by atoms with Gasteiger partial charge in [0.05, 0.1) is 6.04 Å². The molecule has 0 radical (unpaired) electrons. The number of halogens is 1. The highest BCUT2D eigenvalue weighted by Gasteiger charge is 2.13. The van der Waals surface area contributed by atoms with Crippen LogP contribution in [0.3, 0.4) is 0 Å². The molecule has 100 valence electrons. The van der Waals surface area contributed by atoms with Gasteiger partial charge in [-0.3, -0.25) is 16.3 Å². The van der Waals surface area contributed by atoms with Crippen LogP contribution in [0.15, 0.2) is 40.9 Å². The van der Waals surface area contributed by atoms with Crippen LogP contribution in [0.4, 0.5) is 0 Å². The highest BCUT2D eigenvalue weighted by Crippen LogP contribution is 2.21. The van der Waals surface area contributed by atoms with Crippen molar-refractivity contribution in [2.45, 2.75) is 26.3 Å². The van der Waals surface area contributed by atoms with Gasteiger partial charge < -0.3 is 0 Å². The molecule has 2 rings (SSSR count). The molecule has 0 aliphatic rings. The summed E-state index contributed by atoms with van der Waals surface area (Å²) in [7, 11) is 0. The fourth-order valence-corrected chi connectivity index (χ4v) is 2.44. The SMILES string of the molecule is Cc1ccc(C(Cc2ccc(Br)cc2)NN)c(C)n1. The predicted octanol–water partition coefficient (Wildman–Crippen LogP) is 3.21. The fourth-order valence-electron chi connectivity index (χ4n) is 2.18. The van der Waals surface area contributed by atoms with Gasteiger partial charge in [0.15, 0.2) is 0 Å². The van der Waals surface area contributed by atoms with Crippen molar-refractivity contribution >= 4 is 15.9 Å². The van der Waals surface area contributed by atoms with Gasteiger partial charge in [-0.05, 0) is 49.6 Å². The molecule has 0 saturated carbocycles. The van der Waals surface area contributed by atoms with E-state index >= 15 is 0 Å². The third kappa shape index (κ3) is 3.62. The number of hydrazine groups is 1. The Morgan fingerprint density at radius 2 is 1.84 bits per heavy atom. The molecule has 0 bridgehead atoms. The van der Waals surface area contributed by atoms with Crippen LogP contribution in [0.5, 0.6) is 0 Å². The van der Waals surface area contributed by atoms with Crippen LogP contribution in [0.1, 0.15) is 28.6 Å². The van der Waals surface area contributed by atoms with Gasteiger partial charge in [0.2, 0.25) is 0 Å². The maximum Gasteiger partial charge on any atom is 0.0518 e. The van der Waals surface area contributed by atoms with Crippen molar-refractivity contribution in [1.29, 1.82) is 0 Å². The minimum Gasteiger partial charge on any atom is -0.271 e. The summed E-state index contributed by atoms with van der Waals surface area (Å²) < 4.78 is 1.08. The molecule has 0 spiro atoms. The van der Waals surface area contributed by atoms with Crippen molar-refractivity contribution in [2.75, 3.05) is 0 Å². The third-order valence-corrected chi connectivity index (χ3v) is 3.72. The van der Waals surface area contributed by atoms with Crippen LogP contribution in [0.2, 0.25) is 0 Å². The van der Waals surface area contributed by atoms with Crippen LogP contribution in [-0.2, 0) is 6.42 Å². The van der Waals surface area contributed by atoms with Gasteiger partial charge in [0, 0.05) is 15.9 Å². The second-order valence-electron chi connectivity index (χ2n) is 4.68. The van der Waals surface area contributed by atoms with E-state index in [0.717, 1.165) is 27.8 Å². The average Bonchev–Trinajstić information content (AvgIpc) is 2.39. The van der Waals surface area contributed by atoms with Crippen molar-refractivity contribution < 1.29 is 0 Å². The van der Waals surface area contributed by atoms with Gasteiger partial charge in [-0.1, -0.05) is 34.1 Å². The third-order valence-electron chi connectivity index (χ3n) is 3.20. The first-order valence-electron chi connectivity index (χ1n) is 6.25. The van der Waals surface area contributed by atoms with E-state index in [1.807, 2.05) is 32.0 Å². The largest absolute Gasteiger partial charge is 0.271 e. The highest BCUT2D eigenvalue weighted by molar-refractivity contribution is 9.10. The number of benzene rings is 1. The molecule has 3 nitrogen and oxygen atoms in total. The summed E-state index contributed by atoms with van der Waals surface area (Å²) >= 11 is 3.44. The van der Waals surface area contributed by atoms with Gasteiger partial charge in [-0.2, -0.15) is 0 Å². The monoisotopic (exact) mass is 319 g/mol. The molecule has 1 atom stereocenters. The second kappa shape index (κ2) is 6.28. The molecule has 1 heterocycles. The zero-order chi connectivity index (χ0) is 13.8. The number of nitrogens with one attached hydrogen (secondary N) is 1. The summed E-state index contributed by atoms with van der Waals surface area (Å²) in [6, 6.07) is 12.5. The highest BCUT2D eigenvalue weighted by atomic mass is 79.9. The first-order valence-corrected chi connectivity index (χ1v) is 7.04. The number of hydrogen-bond acceptors (Lipinski definition) is 3. The van der Waals surface area contributed by atoms with E-state index in [-0.39, 0.29) is 6.04 Å². The lowest BCUT2D eigenvalue weighted by Crippen LogP contribution is -2.30. The molecule has 3 N–H and O–H groups in total. The van der Waals surface area contributed by atoms with Crippen molar-refractivity contribution in [3.63, 3.8) is 0 Å². The Morgan fingerprint density at radius 1 is 1.16 bits per heavy atom. The van der Waals surface area contributed by atoms with Crippen LogP contribution >= 0.6 is 15.9 Å². The Labute approximate surface area is 122 Å². The van der Waals surface area contributed by atoms with E-state index in [0.29, 0.717) is 0 Å². The molecular formula is C15H18BrN3. The molecule has 19 heavy (non-hydrogen) atoms. The van der Waals surface area contributed by atoms with Crippen LogP contribution in [0.25, 0.3) is 0 Å². The normalized spacial score (nSPS) is 12.4. The summed E-state index contributed by atoms with van der Waals surface area (Å²) in [5.41, 5.74) is 7.34. The van der Waals surface area contributed by atoms with Crippen LogP contribution in [-0.4, -0.2) is 4.98 Å². The van der Waals surface area contributed by atoms with Crippen molar-refractivity contribution in [3.8, 4) is 0 Å². The lowest BCUT2D eigenvalue weighted by molar-refractivity contribution is 0.546. The van der Waals surface area contributed by atoms with E-state index in [1.165, 1.54) is 5.56 Å². The molecule has 0 aliphatic carbocycles. The topological polar surface area (TPSA) is 50.9 Å². The zero-order valence-electron chi connectivity index (χ0n) is 11.2. The summed E-state index contributed by atoms with van der Waals surface area (Å²) in [4.78, 5) is 4.50. The summed E-state index contributed by atoms with van der Waals surface area (Å²) in [6.45, 7) is 4.02. The smallest absolute Gasteiger partial charge is 0.0518 e. The van der Waals surface area contributed by atoms with Crippen LogP contribution in [0, 0.1) is 13.8 Å². The van der Waals surface area contributed by atoms with Gasteiger partial charge in [0.1, 0.15) is 0 Å². The molecular weight excluding hydrogens is 302 g/mol. The molecule has 4 heteroatoms. The number of aromatic nitrogens is 1. The Balaban J connectivity index is 2.22. The molecule has 1 unspecified atom stereocenters. The number of aryl methyl sites for hydroxylation is 2. The molecule has 1 aromatic heterocycles. The quantitative estimate of drug-likeness (QED) is 0.672. The zero-order valence-corrected chi connectivity index (χ0v) is 12.7. The van der Waals surface area contributed by atoms with E-state index in [4.69, 9.17) is 5.84 Å². The molecule has 0 amide bonds. The van der Waals surface area contributed by atoms with E-state index in [1.54, 1.807) is 0 Å². The standard InChI is InChI=1S/C15H18BrN3/c1-10-3-8-14(11(2)18-10)15(19-17)9-12-4-6-13(16)7-5-12/h3-8,15,19H,9,17H2,1-2H3. The number of rotatable bonds is 4. The maximum absolute atomic E-state index is 5.70. The van der Waals surface area contributed by atoms with Gasteiger partial charge in [-0.25, -0.2) is 0 Å². The van der Waals surface area contributed by atoms with Crippen LogP contribution < -0.4 is 11.3 Å². The second-order valence-corrected chi connectivity index (χ2v) is 5.59. The number of nitrogens with zero attached hydrogens (tertiary/aromatic N) is 1. The Kier molecular flexibility index (Phi) is 4.69. The first kappa shape index (κ1) is 14.2. The summed E-state index contributed by atoms with van der Waals surface area (Å²) in [5, 5.41) is 0. The van der Waals surface area contributed by atoms with Gasteiger partial charge in [0.25, 0.3) is 0 Å². The average molecular weight is 320 g/mol. The van der Waals surface area contributed by atoms with Crippen molar-refractivity contribution in [3.05, 3.63) is 63.4 Å². The summed E-state index contributed by atoms with van der Waals surface area (Å²) in [5.74, 6) is 5.70. The van der Waals surface area contributed by atoms with Crippen molar-refractivity contribution in [2.24, 2.45) is 5.84 Å². The number of pyridine rings is 1. The van der Waals surface area contributed by atoms with E-state index < -0.39 is 0 Å². The Bertz CT molecular complexity index is 552. The van der Waals surface area contributed by atoms with E-state index in [2.05, 4.69) is 44.5 Å². The van der Waals surface area contributed by atoms with Crippen molar-refractivity contribution in [1.82, 2.24) is 10.4 Å². The Morgan fingerprint density at radius 3 is 2.42 bits per heavy atom. The van der Waals surface area contributed by atoms with Gasteiger partial charge >= 0.3 is 0 Å². The molecule has 0 fully saturated rings. The maximum atomic E-state index is 5.70. The molecule has 1 aromatic carbocycles. The van der Waals surface area contributed by atoms with E-state index in [9.17, 15) is 0 Å². The lowest BCUT2D eigenvalue weighted by Gasteiger charge is -2.18. The molecule has 0 aliphatic heterocycles. The molecule has 2 aromatic rings. The number of nitrogens with two attached hydrogens (primary N) is 1. The minimum absolute atomic E-state index is 0.0780. The summed E-state index contributed by atoms with van der Waals surface area (Å²) in [6.07, 6.45) is 0.843.